The fourth-order valence-electron chi connectivity index (χ4n) is 1.48. The molecule has 1 radical (unpaired) electrons. The molecule has 2 aromatic heterocycles. The van der Waals surface area contributed by atoms with Crippen molar-refractivity contribution in [2.45, 2.75) is 20.7 Å². The summed E-state index contributed by atoms with van der Waals surface area (Å²) >= 11 is 0. The van der Waals surface area contributed by atoms with Gasteiger partial charge in [0.1, 0.15) is 0 Å². The molecule has 0 unspecified atom stereocenters. The number of imidazole rings is 1. The molecular weight excluding hydrogens is 368 g/mol. The van der Waals surface area contributed by atoms with Crippen LogP contribution in [0, 0.1) is 13.5 Å². The number of benzene rings is 1. The molecule has 2 heterocycles. The Kier molecular flexibility index (Phi) is 14.0. The van der Waals surface area contributed by atoms with Crippen LogP contribution in [0.5, 0.6) is 0 Å². The van der Waals surface area contributed by atoms with E-state index < -0.39 is 7.12 Å². The molecule has 6 nitrogen and oxygen atoms in total. The zero-order valence-corrected chi connectivity index (χ0v) is 16.7. The molecule has 0 aliphatic rings. The monoisotopic (exact) mass is 389 g/mol. The van der Waals surface area contributed by atoms with Crippen LogP contribution >= 0.6 is 0 Å². The van der Waals surface area contributed by atoms with Crippen LogP contribution in [0.15, 0.2) is 42.9 Å². The third kappa shape index (κ3) is 7.79. The van der Waals surface area contributed by atoms with Gasteiger partial charge in [-0.25, -0.2) is 14.5 Å². The molecule has 0 spiro atoms. The van der Waals surface area contributed by atoms with Gasteiger partial charge in [0.2, 0.25) is 5.78 Å². The zero-order valence-electron chi connectivity index (χ0n) is 13.9. The normalized spacial score (nSPS) is 8.39. The summed E-state index contributed by atoms with van der Waals surface area (Å²) in [5.41, 5.74) is 1.96. The predicted octanol–water partition coefficient (Wildman–Crippen LogP) is 2.15. The van der Waals surface area contributed by atoms with Gasteiger partial charge in [-0.2, -0.15) is 35.4 Å². The van der Waals surface area contributed by atoms with Crippen molar-refractivity contribution in [3.05, 3.63) is 56.3 Å². The summed E-state index contributed by atoms with van der Waals surface area (Å²) in [7, 11) is -1.17. The number of nitrogens with zero attached hydrogens (tertiary/aromatic N) is 4. The van der Waals surface area contributed by atoms with Crippen LogP contribution in [0.2, 0.25) is 6.82 Å². The van der Waals surface area contributed by atoms with E-state index in [1.165, 1.54) is 6.82 Å². The predicted molar refractivity (Wildman–Crippen MR) is 88.9 cm³/mol. The van der Waals surface area contributed by atoms with E-state index in [2.05, 4.69) is 21.1 Å². The summed E-state index contributed by atoms with van der Waals surface area (Å²) in [6.07, 6.45) is 5.03. The van der Waals surface area contributed by atoms with E-state index in [9.17, 15) is 0 Å². The van der Waals surface area contributed by atoms with Crippen molar-refractivity contribution in [1.29, 1.82) is 0 Å². The van der Waals surface area contributed by atoms with Gasteiger partial charge in [-0.1, -0.05) is 13.8 Å². The molecule has 0 fully saturated rings. The van der Waals surface area contributed by atoms with E-state index in [1.807, 2.05) is 38.1 Å². The molecule has 8 heteroatoms. The number of hydrogen-bond donors (Lipinski definition) is 2. The summed E-state index contributed by atoms with van der Waals surface area (Å²) in [6.45, 7) is 5.28. The van der Waals surface area contributed by atoms with Gasteiger partial charge in [0, 0.05) is 44.6 Å². The molecule has 3 aromatic rings. The first-order chi connectivity index (χ1) is 10.2. The SMILES string of the molecule is CB(O)O.CC.[CH3-].[Y].[c-]1cccc(-c2cnc3nccnn23)c1. The first-order valence-electron chi connectivity index (χ1n) is 6.66. The Hall–Kier alpha value is -1.14. The number of fused-ring (bicyclic) bond motifs is 1. The Morgan fingerprint density at radius 3 is 2.39 bits per heavy atom. The van der Waals surface area contributed by atoms with E-state index >= 15 is 0 Å². The van der Waals surface area contributed by atoms with Crippen LogP contribution in [0.1, 0.15) is 13.8 Å². The van der Waals surface area contributed by atoms with Gasteiger partial charge in [0.15, 0.2) is 0 Å². The molecule has 1 aromatic carbocycles. The Labute approximate surface area is 163 Å². The van der Waals surface area contributed by atoms with Crippen molar-refractivity contribution in [1.82, 2.24) is 19.6 Å². The largest absolute Gasteiger partial charge is 0.448 e. The molecule has 0 saturated heterocycles. The molecule has 0 saturated carbocycles. The molecular formula is C15H21BN4O2Y-2. The van der Waals surface area contributed by atoms with Crippen LogP contribution in [-0.4, -0.2) is 36.7 Å². The van der Waals surface area contributed by atoms with Gasteiger partial charge in [-0.3, -0.25) is 0 Å². The summed E-state index contributed by atoms with van der Waals surface area (Å²) in [5, 5.41) is 19.4. The van der Waals surface area contributed by atoms with Gasteiger partial charge in [0.25, 0.3) is 0 Å². The second-order valence-electron chi connectivity index (χ2n) is 3.72. The fraction of sp³-hybridized carbons (Fsp3) is 0.200. The minimum atomic E-state index is -1.17. The topological polar surface area (TPSA) is 83.5 Å². The zero-order chi connectivity index (χ0) is 15.7. The van der Waals surface area contributed by atoms with Crippen LogP contribution in [0.25, 0.3) is 17.0 Å². The Morgan fingerprint density at radius 2 is 1.83 bits per heavy atom. The Morgan fingerprint density at radius 1 is 1.17 bits per heavy atom. The third-order valence-electron chi connectivity index (χ3n) is 2.16. The Bertz CT molecular complexity index is 647. The smallest absolute Gasteiger partial charge is 0.427 e. The quantitative estimate of drug-likeness (QED) is 0.493. The molecule has 0 amide bonds. The van der Waals surface area contributed by atoms with Crippen LogP contribution in [0.3, 0.4) is 0 Å². The van der Waals surface area contributed by atoms with Crippen LogP contribution < -0.4 is 0 Å². The first-order valence-corrected chi connectivity index (χ1v) is 6.66. The molecule has 23 heavy (non-hydrogen) atoms. The summed E-state index contributed by atoms with van der Waals surface area (Å²) in [5.74, 6) is 0.608. The average molecular weight is 389 g/mol. The maximum Gasteiger partial charge on any atom is 0.448 e. The van der Waals surface area contributed by atoms with Crippen molar-refractivity contribution in [2.75, 3.05) is 0 Å². The Balaban J connectivity index is 0. The molecule has 2 N–H and O–H groups in total. The summed E-state index contributed by atoms with van der Waals surface area (Å²) < 4.78 is 1.71. The third-order valence-corrected chi connectivity index (χ3v) is 2.16. The minimum Gasteiger partial charge on any atom is -0.427 e. The molecule has 0 aliphatic heterocycles. The van der Waals surface area contributed by atoms with Gasteiger partial charge < -0.3 is 17.5 Å². The molecule has 0 bridgehead atoms. The summed E-state index contributed by atoms with van der Waals surface area (Å²) in [6, 6.07) is 10.7. The van der Waals surface area contributed by atoms with Gasteiger partial charge in [-0.15, -0.1) is 5.56 Å². The fourth-order valence-corrected chi connectivity index (χ4v) is 1.48. The van der Waals surface area contributed by atoms with E-state index in [4.69, 9.17) is 10.0 Å². The molecule has 0 atom stereocenters. The van der Waals surface area contributed by atoms with Crippen LogP contribution in [-0.2, 0) is 32.7 Å². The van der Waals surface area contributed by atoms with Gasteiger partial charge >= 0.3 is 7.12 Å². The van der Waals surface area contributed by atoms with Crippen molar-refractivity contribution < 1.29 is 42.8 Å². The number of aromatic nitrogens is 4. The van der Waals surface area contributed by atoms with E-state index in [0.717, 1.165) is 11.3 Å². The van der Waals surface area contributed by atoms with Gasteiger partial charge in [-0.05, 0) is 6.82 Å². The average Bonchev–Trinajstić information content (AvgIpc) is 2.94. The first kappa shape index (κ1) is 24.1. The maximum absolute atomic E-state index is 7.61. The second-order valence-corrected chi connectivity index (χ2v) is 3.72. The summed E-state index contributed by atoms with van der Waals surface area (Å²) in [4.78, 5) is 8.28. The van der Waals surface area contributed by atoms with Crippen molar-refractivity contribution in [3.8, 4) is 11.3 Å². The molecule has 3 rings (SSSR count). The standard InChI is InChI=1S/C11H7N4.C2H6.CH5BO2.CH3.Y/c1-2-4-9(5-3-1)10-8-13-11-12-6-7-14-15(10)11;1-2;1-2(3)4;;/h1-2,4-8H;1-2H3;3-4H,1H3;1H3;/q-1;;;-1;. The number of hydrogen-bond acceptors (Lipinski definition) is 5. The molecule has 0 aliphatic carbocycles. The van der Waals surface area contributed by atoms with E-state index in [0.29, 0.717) is 5.78 Å². The van der Waals surface area contributed by atoms with Crippen molar-refractivity contribution in [2.24, 2.45) is 0 Å². The van der Waals surface area contributed by atoms with E-state index in [-0.39, 0.29) is 40.1 Å². The second kappa shape index (κ2) is 13.3. The number of rotatable bonds is 1. The maximum atomic E-state index is 7.61. The minimum absolute atomic E-state index is 0. The van der Waals surface area contributed by atoms with Gasteiger partial charge in [0.05, 0.1) is 12.4 Å². The van der Waals surface area contributed by atoms with E-state index in [1.54, 1.807) is 23.1 Å². The van der Waals surface area contributed by atoms with Crippen molar-refractivity contribution in [3.63, 3.8) is 0 Å². The van der Waals surface area contributed by atoms with Crippen molar-refractivity contribution >= 4 is 12.9 Å². The van der Waals surface area contributed by atoms with Crippen LogP contribution in [0.4, 0.5) is 0 Å². The molecule has 121 valence electrons.